The van der Waals surface area contributed by atoms with Crippen LogP contribution in [0.2, 0.25) is 0 Å². The van der Waals surface area contributed by atoms with E-state index in [2.05, 4.69) is 0 Å². The predicted molar refractivity (Wildman–Crippen MR) is 54.1 cm³/mol. The summed E-state index contributed by atoms with van der Waals surface area (Å²) in [5.74, 6) is 0. The topological polar surface area (TPSA) is 38.7 Å². The number of aliphatic hydroxyl groups is 1. The van der Waals surface area contributed by atoms with E-state index in [4.69, 9.17) is 14.6 Å². The van der Waals surface area contributed by atoms with E-state index in [1.165, 1.54) is 0 Å². The molecule has 3 nitrogen and oxygen atoms in total. The first-order valence-electron chi connectivity index (χ1n) is 6.04. The molecule has 2 rings (SSSR count). The van der Waals surface area contributed by atoms with E-state index in [0.29, 0.717) is 13.0 Å². The molecule has 0 aromatic heterocycles. The number of ether oxygens (including phenoxy) is 2. The van der Waals surface area contributed by atoms with Gasteiger partial charge in [0.25, 0.3) is 0 Å². The second-order valence-corrected chi connectivity index (χ2v) is 4.67. The van der Waals surface area contributed by atoms with E-state index < -0.39 is 43.2 Å². The van der Waals surface area contributed by atoms with E-state index in [-0.39, 0.29) is 0 Å². The molecule has 1 saturated carbocycles. The molecule has 0 aromatic carbocycles. The predicted octanol–water partition coefficient (Wildman–Crippen LogP) is 1.63. The van der Waals surface area contributed by atoms with Gasteiger partial charge in [0.15, 0.2) is 31.0 Å². The first-order chi connectivity index (χ1) is 8.52. The van der Waals surface area contributed by atoms with Crippen LogP contribution < -0.4 is 0 Å². The van der Waals surface area contributed by atoms with Crippen molar-refractivity contribution in [2.24, 2.45) is 0 Å². The zero-order chi connectivity index (χ0) is 13.3. The largest absolute Gasteiger partial charge is 0.387 e. The van der Waals surface area contributed by atoms with Gasteiger partial charge in [-0.3, -0.25) is 0 Å². The highest BCUT2D eigenvalue weighted by Crippen LogP contribution is 2.33. The van der Waals surface area contributed by atoms with Crippen molar-refractivity contribution >= 4 is 0 Å². The van der Waals surface area contributed by atoms with Crippen LogP contribution in [0.3, 0.4) is 0 Å². The van der Waals surface area contributed by atoms with Gasteiger partial charge in [-0.2, -0.15) is 0 Å². The van der Waals surface area contributed by atoms with E-state index in [0.717, 1.165) is 12.8 Å². The first kappa shape index (κ1) is 14.0. The molecule has 0 aromatic rings. The molecule has 2 aliphatic rings. The monoisotopic (exact) mass is 272 g/mol. The minimum Gasteiger partial charge on any atom is -0.387 e. The molecule has 0 amide bonds. The highest BCUT2D eigenvalue weighted by molar-refractivity contribution is 5.00. The minimum absolute atomic E-state index is 0.395. The Kier molecular flexibility index (Phi) is 4.45. The van der Waals surface area contributed by atoms with Crippen molar-refractivity contribution in [1.82, 2.24) is 0 Å². The quantitative estimate of drug-likeness (QED) is 0.776. The molecule has 1 N–H and O–H groups in total. The van der Waals surface area contributed by atoms with Crippen LogP contribution in [-0.2, 0) is 9.47 Å². The van der Waals surface area contributed by atoms with Crippen molar-refractivity contribution in [2.45, 2.75) is 62.4 Å². The second kappa shape index (κ2) is 5.71. The molecule has 0 bridgehead atoms. The highest BCUT2D eigenvalue weighted by Gasteiger charge is 2.53. The Labute approximate surface area is 102 Å². The Bertz CT molecular complexity index is 259. The molecule has 106 valence electrons. The fourth-order valence-corrected chi connectivity index (χ4v) is 2.23. The first-order valence-corrected chi connectivity index (χ1v) is 6.04. The van der Waals surface area contributed by atoms with Gasteiger partial charge in [0.05, 0.1) is 0 Å². The maximum atomic E-state index is 13.5. The van der Waals surface area contributed by atoms with Gasteiger partial charge in [0.2, 0.25) is 0 Å². The smallest absolute Gasteiger partial charge is 0.163 e. The molecular weight excluding hydrogens is 256 g/mol. The SMILES string of the molecule is OC1C(F)C(F)C(OC2CCCCO2)C(F)C1F. The van der Waals surface area contributed by atoms with Crippen LogP contribution in [0.15, 0.2) is 0 Å². The fraction of sp³-hybridized carbons (Fsp3) is 1.00. The van der Waals surface area contributed by atoms with Crippen molar-refractivity contribution in [2.75, 3.05) is 6.61 Å². The maximum absolute atomic E-state index is 13.5. The summed E-state index contributed by atoms with van der Waals surface area (Å²) < 4.78 is 63.7. The molecule has 2 fully saturated rings. The molecule has 5 atom stereocenters. The Morgan fingerprint density at radius 2 is 1.56 bits per heavy atom. The Morgan fingerprint density at radius 3 is 2.06 bits per heavy atom. The fourth-order valence-electron chi connectivity index (χ4n) is 2.23. The molecule has 7 heteroatoms. The normalized spacial score (nSPS) is 50.2. The average molecular weight is 272 g/mol. The summed E-state index contributed by atoms with van der Waals surface area (Å²) in [6, 6.07) is 0. The number of halogens is 4. The third-order valence-electron chi connectivity index (χ3n) is 3.34. The third kappa shape index (κ3) is 2.62. The number of aliphatic hydroxyl groups excluding tert-OH is 1. The van der Waals surface area contributed by atoms with Gasteiger partial charge in [-0.1, -0.05) is 0 Å². The highest BCUT2D eigenvalue weighted by atomic mass is 19.2. The van der Waals surface area contributed by atoms with Crippen LogP contribution in [0, 0.1) is 0 Å². The van der Waals surface area contributed by atoms with Crippen molar-refractivity contribution in [3.8, 4) is 0 Å². The van der Waals surface area contributed by atoms with Crippen LogP contribution in [-0.4, -0.2) is 54.9 Å². The maximum Gasteiger partial charge on any atom is 0.163 e. The van der Waals surface area contributed by atoms with Crippen LogP contribution in [0.1, 0.15) is 19.3 Å². The standard InChI is InChI=1S/C11H16F4O3/c12-6-8(14)11(9(15)7(13)10(6)16)18-5-3-1-2-4-17-5/h5-11,16H,1-4H2. The Morgan fingerprint density at radius 1 is 0.944 bits per heavy atom. The zero-order valence-electron chi connectivity index (χ0n) is 9.65. The summed E-state index contributed by atoms with van der Waals surface area (Å²) in [5, 5.41) is 8.99. The number of hydrogen-bond donors (Lipinski definition) is 1. The van der Waals surface area contributed by atoms with Gasteiger partial charge in [-0.15, -0.1) is 0 Å². The number of rotatable bonds is 2. The van der Waals surface area contributed by atoms with Crippen molar-refractivity contribution in [3.05, 3.63) is 0 Å². The van der Waals surface area contributed by atoms with E-state index in [1.807, 2.05) is 0 Å². The molecule has 0 radical (unpaired) electrons. The molecule has 1 aliphatic heterocycles. The molecule has 5 unspecified atom stereocenters. The van der Waals surface area contributed by atoms with Gasteiger partial charge in [0.1, 0.15) is 12.2 Å². The summed E-state index contributed by atoms with van der Waals surface area (Å²) in [6.45, 7) is 0.395. The lowest BCUT2D eigenvalue weighted by atomic mass is 9.88. The number of hydrogen-bond acceptors (Lipinski definition) is 3. The summed E-state index contributed by atoms with van der Waals surface area (Å²) in [7, 11) is 0. The van der Waals surface area contributed by atoms with E-state index in [1.54, 1.807) is 0 Å². The van der Waals surface area contributed by atoms with Gasteiger partial charge in [-0.05, 0) is 19.3 Å². The van der Waals surface area contributed by atoms with Crippen LogP contribution in [0.4, 0.5) is 17.6 Å². The van der Waals surface area contributed by atoms with E-state index in [9.17, 15) is 17.6 Å². The summed E-state index contributed by atoms with van der Waals surface area (Å²) in [6.07, 6.45) is -12.7. The Balaban J connectivity index is 2.00. The third-order valence-corrected chi connectivity index (χ3v) is 3.34. The zero-order valence-corrected chi connectivity index (χ0v) is 9.65. The average Bonchev–Trinajstić information content (AvgIpc) is 2.40. The summed E-state index contributed by atoms with van der Waals surface area (Å²) >= 11 is 0. The molecule has 0 spiro atoms. The van der Waals surface area contributed by atoms with Crippen LogP contribution in [0.25, 0.3) is 0 Å². The lowest BCUT2D eigenvalue weighted by Crippen LogP contribution is -2.59. The molecular formula is C11H16F4O3. The van der Waals surface area contributed by atoms with Gasteiger partial charge >= 0.3 is 0 Å². The lowest BCUT2D eigenvalue weighted by Gasteiger charge is -2.39. The van der Waals surface area contributed by atoms with Crippen molar-refractivity contribution in [1.29, 1.82) is 0 Å². The van der Waals surface area contributed by atoms with Crippen molar-refractivity contribution in [3.63, 3.8) is 0 Å². The lowest BCUT2D eigenvalue weighted by molar-refractivity contribution is -0.244. The number of alkyl halides is 4. The van der Waals surface area contributed by atoms with Crippen LogP contribution in [0.5, 0.6) is 0 Å². The van der Waals surface area contributed by atoms with Gasteiger partial charge < -0.3 is 14.6 Å². The van der Waals surface area contributed by atoms with Crippen LogP contribution >= 0.6 is 0 Å². The Hall–Kier alpha value is -0.400. The van der Waals surface area contributed by atoms with Gasteiger partial charge in [-0.25, -0.2) is 17.6 Å². The molecule has 1 heterocycles. The van der Waals surface area contributed by atoms with E-state index >= 15 is 0 Å². The summed E-state index contributed by atoms with van der Waals surface area (Å²) in [5.41, 5.74) is 0. The molecule has 18 heavy (non-hydrogen) atoms. The minimum atomic E-state index is -2.49. The van der Waals surface area contributed by atoms with Crippen molar-refractivity contribution < 1.29 is 32.1 Å². The summed E-state index contributed by atoms with van der Waals surface area (Å²) in [4.78, 5) is 0. The molecule has 1 saturated heterocycles. The second-order valence-electron chi connectivity index (χ2n) is 4.67. The van der Waals surface area contributed by atoms with Gasteiger partial charge in [0, 0.05) is 6.61 Å². The molecule has 1 aliphatic carbocycles.